The first-order valence-corrected chi connectivity index (χ1v) is 8.30. The van der Waals surface area contributed by atoms with Crippen molar-refractivity contribution in [1.29, 1.82) is 0 Å². The lowest BCUT2D eigenvalue weighted by molar-refractivity contribution is -0.141. The minimum atomic E-state index is -0.648. The van der Waals surface area contributed by atoms with Crippen molar-refractivity contribution in [3.05, 3.63) is 83.9 Å². The Hall–Kier alpha value is -3.48. The summed E-state index contributed by atoms with van der Waals surface area (Å²) in [6.45, 7) is 0. The summed E-state index contributed by atoms with van der Waals surface area (Å²) in [4.78, 5) is 24.3. The summed E-state index contributed by atoms with van der Waals surface area (Å²) in [5.74, 6) is -1.27. The minimum Gasteiger partial charge on any atom is -0.469 e. The monoisotopic (exact) mass is 367 g/mol. The van der Waals surface area contributed by atoms with Gasteiger partial charge in [0.15, 0.2) is 0 Å². The minimum absolute atomic E-state index is 0.0688. The van der Waals surface area contributed by atoms with E-state index in [-0.39, 0.29) is 6.42 Å². The molecule has 1 aromatic heterocycles. The number of nitrogens with one attached hydrogen (secondary N) is 1. The zero-order valence-electron chi connectivity index (χ0n) is 14.6. The molecule has 0 aliphatic carbocycles. The summed E-state index contributed by atoms with van der Waals surface area (Å²) in [7, 11) is 1.27. The highest BCUT2D eigenvalue weighted by atomic mass is 19.1. The number of amides is 1. The Bertz CT molecular complexity index is 923. The van der Waals surface area contributed by atoms with E-state index in [9.17, 15) is 14.0 Å². The number of benzene rings is 2. The predicted octanol–water partition coefficient (Wildman–Crippen LogP) is 3.05. The van der Waals surface area contributed by atoms with Crippen LogP contribution in [-0.2, 0) is 9.53 Å². The van der Waals surface area contributed by atoms with Crippen molar-refractivity contribution in [2.45, 2.75) is 12.5 Å². The van der Waals surface area contributed by atoms with Gasteiger partial charge in [-0.2, -0.15) is 5.10 Å². The first-order valence-electron chi connectivity index (χ1n) is 8.30. The van der Waals surface area contributed by atoms with E-state index in [0.29, 0.717) is 11.1 Å². The van der Waals surface area contributed by atoms with Crippen molar-refractivity contribution in [3.63, 3.8) is 0 Å². The van der Waals surface area contributed by atoms with Gasteiger partial charge in [0, 0.05) is 6.20 Å². The standard InChI is InChI=1S/C20H18FN3O3/c1-27-19(25)11-18(14-7-9-16(21)10-8-14)23-20(26)15-12-22-24(13-15)17-5-3-2-4-6-17/h2-10,12-13,18H,11H2,1H3,(H,23,26)/t18-/m1/s1. The van der Waals surface area contributed by atoms with Gasteiger partial charge in [-0.15, -0.1) is 0 Å². The number of carbonyl (C=O) groups is 2. The first kappa shape index (κ1) is 18.3. The lowest BCUT2D eigenvalue weighted by atomic mass is 10.0. The van der Waals surface area contributed by atoms with Crippen molar-refractivity contribution in [3.8, 4) is 5.69 Å². The molecule has 3 aromatic rings. The number of carbonyl (C=O) groups excluding carboxylic acids is 2. The average Bonchev–Trinajstić information content (AvgIpc) is 3.19. The maximum Gasteiger partial charge on any atom is 0.307 e. The summed E-state index contributed by atoms with van der Waals surface area (Å²) >= 11 is 0. The molecule has 0 aliphatic rings. The quantitative estimate of drug-likeness (QED) is 0.680. The molecule has 0 saturated heterocycles. The van der Waals surface area contributed by atoms with Crippen LogP contribution in [0.1, 0.15) is 28.4 Å². The van der Waals surface area contributed by atoms with Crippen LogP contribution in [0.3, 0.4) is 0 Å². The normalized spacial score (nSPS) is 11.6. The van der Waals surface area contributed by atoms with E-state index >= 15 is 0 Å². The van der Waals surface area contributed by atoms with Gasteiger partial charge in [-0.05, 0) is 29.8 Å². The number of para-hydroxylation sites is 1. The maximum absolute atomic E-state index is 13.2. The fraction of sp³-hybridized carbons (Fsp3) is 0.150. The largest absolute Gasteiger partial charge is 0.469 e. The molecule has 0 radical (unpaired) electrons. The van der Waals surface area contributed by atoms with Crippen LogP contribution >= 0.6 is 0 Å². The van der Waals surface area contributed by atoms with Crippen LogP contribution in [-0.4, -0.2) is 28.8 Å². The van der Waals surface area contributed by atoms with Gasteiger partial charge < -0.3 is 10.1 Å². The van der Waals surface area contributed by atoms with Gasteiger partial charge in [0.1, 0.15) is 5.82 Å². The number of halogens is 1. The Morgan fingerprint density at radius 3 is 2.52 bits per heavy atom. The molecule has 27 heavy (non-hydrogen) atoms. The zero-order valence-corrected chi connectivity index (χ0v) is 14.6. The summed E-state index contributed by atoms with van der Waals surface area (Å²) < 4.78 is 19.5. The molecule has 0 unspecified atom stereocenters. The van der Waals surface area contributed by atoms with Crippen molar-refractivity contribution in [2.75, 3.05) is 7.11 Å². The number of aromatic nitrogens is 2. The third kappa shape index (κ3) is 4.58. The number of hydrogen-bond donors (Lipinski definition) is 1. The Labute approximate surface area is 155 Å². The molecule has 1 atom stereocenters. The second-order valence-electron chi connectivity index (χ2n) is 5.87. The van der Waals surface area contributed by atoms with E-state index in [1.165, 1.54) is 37.6 Å². The van der Waals surface area contributed by atoms with E-state index in [1.54, 1.807) is 10.9 Å². The van der Waals surface area contributed by atoms with Gasteiger partial charge in [0.25, 0.3) is 5.91 Å². The SMILES string of the molecule is COC(=O)C[C@@H](NC(=O)c1cnn(-c2ccccc2)c1)c1ccc(F)cc1. The molecule has 1 heterocycles. The third-order valence-electron chi connectivity index (χ3n) is 4.04. The van der Waals surface area contributed by atoms with Crippen LogP contribution in [0, 0.1) is 5.82 Å². The van der Waals surface area contributed by atoms with Gasteiger partial charge >= 0.3 is 5.97 Å². The van der Waals surface area contributed by atoms with Crippen LogP contribution in [0.15, 0.2) is 67.0 Å². The molecule has 1 amide bonds. The molecule has 138 valence electrons. The molecule has 0 saturated carbocycles. The summed E-state index contributed by atoms with van der Waals surface area (Å²) in [6.07, 6.45) is 2.98. The lowest BCUT2D eigenvalue weighted by Crippen LogP contribution is -2.30. The first-order chi connectivity index (χ1) is 13.1. The van der Waals surface area contributed by atoms with Crippen molar-refractivity contribution >= 4 is 11.9 Å². The Morgan fingerprint density at radius 2 is 1.85 bits per heavy atom. The molecule has 3 rings (SSSR count). The van der Waals surface area contributed by atoms with E-state index < -0.39 is 23.7 Å². The number of ether oxygens (including phenoxy) is 1. The topological polar surface area (TPSA) is 73.2 Å². The highest BCUT2D eigenvalue weighted by molar-refractivity contribution is 5.94. The molecule has 7 heteroatoms. The Kier molecular flexibility index (Phi) is 5.61. The van der Waals surface area contributed by atoms with Gasteiger partial charge in [0.2, 0.25) is 0 Å². The van der Waals surface area contributed by atoms with Gasteiger partial charge in [-0.3, -0.25) is 9.59 Å². The smallest absolute Gasteiger partial charge is 0.307 e. The Morgan fingerprint density at radius 1 is 1.15 bits per heavy atom. The molecule has 1 N–H and O–H groups in total. The number of methoxy groups -OCH3 is 1. The number of rotatable bonds is 6. The van der Waals surface area contributed by atoms with Crippen molar-refractivity contribution in [2.24, 2.45) is 0 Å². The molecule has 2 aromatic carbocycles. The molecule has 6 nitrogen and oxygen atoms in total. The molecular weight excluding hydrogens is 349 g/mol. The third-order valence-corrected chi connectivity index (χ3v) is 4.04. The molecule has 0 fully saturated rings. The van der Waals surface area contributed by atoms with Crippen LogP contribution in [0.5, 0.6) is 0 Å². The lowest BCUT2D eigenvalue weighted by Gasteiger charge is -2.17. The number of nitrogens with zero attached hydrogens (tertiary/aromatic N) is 2. The van der Waals surface area contributed by atoms with Gasteiger partial charge in [-0.25, -0.2) is 9.07 Å². The van der Waals surface area contributed by atoms with Gasteiger partial charge in [-0.1, -0.05) is 30.3 Å². The second-order valence-corrected chi connectivity index (χ2v) is 5.87. The molecule has 0 aliphatic heterocycles. The number of hydrogen-bond acceptors (Lipinski definition) is 4. The summed E-state index contributed by atoms with van der Waals surface area (Å²) in [5, 5.41) is 6.97. The average molecular weight is 367 g/mol. The van der Waals surface area contributed by atoms with E-state index in [2.05, 4.69) is 10.4 Å². The second kappa shape index (κ2) is 8.27. The molecular formula is C20H18FN3O3. The molecule has 0 bridgehead atoms. The van der Waals surface area contributed by atoms with Crippen molar-refractivity contribution in [1.82, 2.24) is 15.1 Å². The fourth-order valence-corrected chi connectivity index (χ4v) is 2.60. The fourth-order valence-electron chi connectivity index (χ4n) is 2.60. The van der Waals surface area contributed by atoms with Crippen LogP contribution in [0.4, 0.5) is 4.39 Å². The van der Waals surface area contributed by atoms with E-state index in [1.807, 2.05) is 30.3 Å². The van der Waals surface area contributed by atoms with E-state index in [4.69, 9.17) is 4.74 Å². The van der Waals surface area contributed by atoms with Crippen LogP contribution in [0.2, 0.25) is 0 Å². The summed E-state index contributed by atoms with van der Waals surface area (Å²) in [6, 6.07) is 14.3. The highest BCUT2D eigenvalue weighted by Crippen LogP contribution is 2.19. The van der Waals surface area contributed by atoms with Crippen LogP contribution in [0.25, 0.3) is 5.69 Å². The predicted molar refractivity (Wildman–Crippen MR) is 96.8 cm³/mol. The van der Waals surface area contributed by atoms with E-state index in [0.717, 1.165) is 5.69 Å². The zero-order chi connectivity index (χ0) is 19.2. The maximum atomic E-state index is 13.2. The van der Waals surface area contributed by atoms with Crippen LogP contribution < -0.4 is 5.32 Å². The Balaban J connectivity index is 1.79. The van der Waals surface area contributed by atoms with Gasteiger partial charge in [0.05, 0.1) is 37.0 Å². The number of esters is 1. The summed E-state index contributed by atoms with van der Waals surface area (Å²) in [5.41, 5.74) is 1.77. The highest BCUT2D eigenvalue weighted by Gasteiger charge is 2.20. The molecule has 0 spiro atoms. The van der Waals surface area contributed by atoms with Crippen molar-refractivity contribution < 1.29 is 18.7 Å².